The molecule has 0 N–H and O–H groups in total. The number of hydrogen-bond acceptors (Lipinski definition) is 6. The molecule has 2 aromatic rings. The van der Waals surface area contributed by atoms with Crippen molar-refractivity contribution in [2.24, 2.45) is 0 Å². The first-order valence-electron chi connectivity index (χ1n) is 14.1. The summed E-state index contributed by atoms with van der Waals surface area (Å²) in [5.74, 6) is 0. The predicted molar refractivity (Wildman–Crippen MR) is 195 cm³/mol. The number of nitrogens with zero attached hydrogens (tertiary/aromatic N) is 8. The highest BCUT2D eigenvalue weighted by Gasteiger charge is 2.16. The SMILES string of the molecule is C=C/C=C/CBr.C=C/C=C\CBr.C=CC=CCN1C=CN(CN2C=CN(CC=CC=C)C2)C1.c1cn(Cn2ccnc2)cn1. The Morgan fingerprint density at radius 1 is 0.545 bits per heavy atom. The van der Waals surface area contributed by atoms with Crippen LogP contribution >= 0.6 is 31.9 Å². The highest BCUT2D eigenvalue weighted by Crippen LogP contribution is 2.12. The molecule has 236 valence electrons. The Morgan fingerprint density at radius 3 is 1.25 bits per heavy atom. The number of imidazole rings is 2. The Labute approximate surface area is 281 Å². The van der Waals surface area contributed by atoms with Crippen LogP contribution in [0.25, 0.3) is 0 Å². The lowest BCUT2D eigenvalue weighted by Gasteiger charge is -2.27. The first kappa shape index (κ1) is 38.0. The van der Waals surface area contributed by atoms with Crippen molar-refractivity contribution in [1.29, 1.82) is 0 Å². The summed E-state index contributed by atoms with van der Waals surface area (Å²) >= 11 is 6.43. The molecule has 0 saturated carbocycles. The van der Waals surface area contributed by atoms with Crippen LogP contribution in [0.1, 0.15) is 0 Å². The van der Waals surface area contributed by atoms with Crippen molar-refractivity contribution < 1.29 is 0 Å². The summed E-state index contributed by atoms with van der Waals surface area (Å²) in [5.41, 5.74) is 0. The third kappa shape index (κ3) is 19.2. The van der Waals surface area contributed by atoms with Crippen molar-refractivity contribution in [3.63, 3.8) is 0 Å². The fourth-order valence-corrected chi connectivity index (χ4v) is 3.93. The topological polar surface area (TPSA) is 48.6 Å². The Kier molecular flexibility index (Phi) is 23.0. The molecule has 0 saturated heterocycles. The van der Waals surface area contributed by atoms with Crippen LogP contribution in [0.2, 0.25) is 0 Å². The van der Waals surface area contributed by atoms with E-state index in [0.29, 0.717) is 0 Å². The Morgan fingerprint density at radius 2 is 0.932 bits per heavy atom. The quantitative estimate of drug-likeness (QED) is 0.150. The molecule has 2 aromatic heterocycles. The van der Waals surface area contributed by atoms with Crippen LogP contribution < -0.4 is 0 Å². The molecular formula is C34H46Br2N8. The highest BCUT2D eigenvalue weighted by molar-refractivity contribution is 9.09. The van der Waals surface area contributed by atoms with Gasteiger partial charge in [0.2, 0.25) is 0 Å². The van der Waals surface area contributed by atoms with Crippen molar-refractivity contribution in [1.82, 2.24) is 38.7 Å². The zero-order valence-electron chi connectivity index (χ0n) is 25.5. The number of hydrogen-bond donors (Lipinski definition) is 0. The van der Waals surface area contributed by atoms with E-state index in [2.05, 4.69) is 125 Å². The standard InChI is InChI=1S/C17H24N4.C7H8N4.2C5H7Br/c1-3-5-7-9-18-11-13-20(15-18)17-21-14-12-19(16-21)10-8-6-4-2;1-3-10(5-8-1)7-11-4-2-9-6-11;2*1-2-3-4-5-6/h3-8,11-14H,1-2,9-10,15-17H2;1-6H,7H2;2*2-4H,1,5H2/b;;4-3+;4-3-. The summed E-state index contributed by atoms with van der Waals surface area (Å²) in [6, 6.07) is 0. The van der Waals surface area contributed by atoms with Crippen LogP contribution in [0.5, 0.6) is 0 Å². The third-order valence-corrected chi connectivity index (χ3v) is 6.21. The number of rotatable bonds is 14. The van der Waals surface area contributed by atoms with Gasteiger partial charge in [-0.05, 0) is 0 Å². The lowest BCUT2D eigenvalue weighted by Crippen LogP contribution is -2.35. The molecule has 2 aliphatic rings. The van der Waals surface area contributed by atoms with Gasteiger partial charge in [-0.25, -0.2) is 9.97 Å². The molecule has 0 bridgehead atoms. The predicted octanol–water partition coefficient (Wildman–Crippen LogP) is 7.35. The van der Waals surface area contributed by atoms with Gasteiger partial charge in [0.05, 0.1) is 32.7 Å². The summed E-state index contributed by atoms with van der Waals surface area (Å²) < 4.78 is 3.95. The van der Waals surface area contributed by atoms with Crippen molar-refractivity contribution in [2.75, 3.05) is 43.8 Å². The average molecular weight is 727 g/mol. The maximum atomic E-state index is 3.93. The van der Waals surface area contributed by atoms with Gasteiger partial charge in [0, 0.05) is 73.3 Å². The maximum absolute atomic E-state index is 3.93. The molecule has 8 nitrogen and oxygen atoms in total. The largest absolute Gasteiger partial charge is 0.355 e. The summed E-state index contributed by atoms with van der Waals surface area (Å²) in [6.07, 6.45) is 42.5. The highest BCUT2D eigenvalue weighted by atomic mass is 79.9. The van der Waals surface area contributed by atoms with Crippen LogP contribution in [0.4, 0.5) is 0 Å². The van der Waals surface area contributed by atoms with Crippen LogP contribution in [0.15, 0.2) is 161 Å². The Balaban J connectivity index is 0.000000348. The minimum Gasteiger partial charge on any atom is -0.355 e. The van der Waals surface area contributed by atoms with Gasteiger partial charge in [-0.2, -0.15) is 0 Å². The van der Waals surface area contributed by atoms with E-state index >= 15 is 0 Å². The lowest BCUT2D eigenvalue weighted by atomic mass is 10.4. The van der Waals surface area contributed by atoms with E-state index in [9.17, 15) is 0 Å². The second-order valence-corrected chi connectivity index (χ2v) is 10.3. The molecule has 0 unspecified atom stereocenters. The van der Waals surface area contributed by atoms with Crippen LogP contribution in [0, 0.1) is 0 Å². The molecule has 44 heavy (non-hydrogen) atoms. The van der Waals surface area contributed by atoms with Crippen LogP contribution in [-0.2, 0) is 6.67 Å². The van der Waals surface area contributed by atoms with Crippen molar-refractivity contribution in [3.05, 3.63) is 161 Å². The van der Waals surface area contributed by atoms with Gasteiger partial charge in [-0.3, -0.25) is 0 Å². The van der Waals surface area contributed by atoms with Gasteiger partial charge in [-0.1, -0.05) is 131 Å². The summed E-state index contributed by atoms with van der Waals surface area (Å²) in [5, 5.41) is 1.83. The van der Waals surface area contributed by atoms with E-state index in [1.807, 2.05) is 70.1 Å². The van der Waals surface area contributed by atoms with Gasteiger partial charge < -0.3 is 28.7 Å². The van der Waals surface area contributed by atoms with Crippen LogP contribution in [0.3, 0.4) is 0 Å². The zero-order valence-corrected chi connectivity index (χ0v) is 28.7. The summed E-state index contributed by atoms with van der Waals surface area (Å²) in [7, 11) is 0. The van der Waals surface area contributed by atoms with E-state index in [0.717, 1.165) is 50.4 Å². The molecule has 2 aliphatic heterocycles. The van der Waals surface area contributed by atoms with Crippen molar-refractivity contribution in [3.8, 4) is 0 Å². The minimum atomic E-state index is 0.778. The molecule has 0 amide bonds. The second kappa shape index (κ2) is 26.6. The van der Waals surface area contributed by atoms with Crippen molar-refractivity contribution >= 4 is 31.9 Å². The van der Waals surface area contributed by atoms with E-state index in [1.54, 1.807) is 37.2 Å². The molecule has 0 spiro atoms. The first-order chi connectivity index (χ1) is 21.6. The van der Waals surface area contributed by atoms with E-state index < -0.39 is 0 Å². The molecule has 10 heteroatoms. The zero-order chi connectivity index (χ0) is 32.1. The van der Waals surface area contributed by atoms with Crippen molar-refractivity contribution in [2.45, 2.75) is 6.67 Å². The number of halogens is 2. The lowest BCUT2D eigenvalue weighted by molar-refractivity contribution is 0.171. The summed E-state index contributed by atoms with van der Waals surface area (Å²) in [6.45, 7) is 19.7. The molecule has 4 rings (SSSR count). The molecule has 4 heterocycles. The van der Waals surface area contributed by atoms with Gasteiger partial charge in [0.15, 0.2) is 0 Å². The van der Waals surface area contributed by atoms with Gasteiger partial charge in [-0.15, -0.1) is 0 Å². The monoisotopic (exact) mass is 724 g/mol. The Hall–Kier alpha value is -4.02. The first-order valence-corrected chi connectivity index (χ1v) is 16.3. The second-order valence-electron chi connectivity index (χ2n) is 9.00. The normalized spacial score (nSPS) is 13.7. The Bertz CT molecular complexity index is 1100. The van der Waals surface area contributed by atoms with Crippen LogP contribution in [-0.4, -0.2) is 82.5 Å². The van der Waals surface area contributed by atoms with E-state index in [1.165, 1.54) is 0 Å². The molecule has 0 radical (unpaired) electrons. The molecule has 0 atom stereocenters. The smallest absolute Gasteiger partial charge is 0.101 e. The average Bonchev–Trinajstić information content (AvgIpc) is 3.87. The third-order valence-electron chi connectivity index (χ3n) is 5.46. The van der Waals surface area contributed by atoms with Gasteiger partial charge in [0.25, 0.3) is 0 Å². The van der Waals surface area contributed by atoms with Gasteiger partial charge in [0.1, 0.15) is 6.67 Å². The van der Waals surface area contributed by atoms with E-state index in [-0.39, 0.29) is 0 Å². The number of alkyl halides is 2. The van der Waals surface area contributed by atoms with E-state index in [4.69, 9.17) is 0 Å². The fourth-order valence-electron chi connectivity index (χ4n) is 3.50. The fraction of sp³-hybridized carbons (Fsp3) is 0.235. The number of aromatic nitrogens is 4. The minimum absolute atomic E-state index is 0.778. The molecule has 0 aromatic carbocycles. The van der Waals surface area contributed by atoms with Gasteiger partial charge >= 0.3 is 0 Å². The number of allylic oxidation sites excluding steroid dienone is 10. The molecule has 0 fully saturated rings. The molecule has 0 aliphatic carbocycles. The maximum Gasteiger partial charge on any atom is 0.101 e. The summed E-state index contributed by atoms with van der Waals surface area (Å²) in [4.78, 5) is 17.0. The molecular weight excluding hydrogens is 680 g/mol.